The monoisotopic (exact) mass is 302 g/mol. The predicted octanol–water partition coefficient (Wildman–Crippen LogP) is 3.48. The lowest BCUT2D eigenvalue weighted by Gasteiger charge is -2.10. The van der Waals surface area contributed by atoms with Gasteiger partial charge < -0.3 is 10.4 Å². The van der Waals surface area contributed by atoms with E-state index in [0.29, 0.717) is 0 Å². The SMILES string of the molecule is C[C@H](Cc1ccccc1)NC(=O)O.O=[N+]([O-])c1ccccc1. The number of rotatable bonds is 4. The van der Waals surface area contributed by atoms with E-state index in [4.69, 9.17) is 5.11 Å². The van der Waals surface area contributed by atoms with Crippen molar-refractivity contribution in [2.24, 2.45) is 0 Å². The van der Waals surface area contributed by atoms with Gasteiger partial charge in [0.15, 0.2) is 0 Å². The highest BCUT2D eigenvalue weighted by molar-refractivity contribution is 5.64. The quantitative estimate of drug-likeness (QED) is 0.668. The second kappa shape index (κ2) is 9.12. The number of benzene rings is 2. The molecule has 0 aliphatic carbocycles. The van der Waals surface area contributed by atoms with E-state index < -0.39 is 11.0 Å². The summed E-state index contributed by atoms with van der Waals surface area (Å²) in [6.07, 6.45) is -0.240. The lowest BCUT2D eigenvalue weighted by molar-refractivity contribution is -0.384. The molecule has 2 N–H and O–H groups in total. The van der Waals surface area contributed by atoms with Gasteiger partial charge in [-0.1, -0.05) is 48.5 Å². The van der Waals surface area contributed by atoms with E-state index in [0.717, 1.165) is 12.0 Å². The van der Waals surface area contributed by atoms with Crippen molar-refractivity contribution in [3.05, 3.63) is 76.3 Å². The molecule has 0 saturated heterocycles. The fourth-order valence-electron chi connectivity index (χ4n) is 1.78. The molecule has 0 heterocycles. The summed E-state index contributed by atoms with van der Waals surface area (Å²) in [5, 5.41) is 20.9. The Labute approximate surface area is 128 Å². The average Bonchev–Trinajstić information content (AvgIpc) is 2.49. The number of amides is 1. The molecule has 0 aromatic heterocycles. The van der Waals surface area contributed by atoms with E-state index >= 15 is 0 Å². The van der Waals surface area contributed by atoms with Crippen LogP contribution in [0.3, 0.4) is 0 Å². The Morgan fingerprint density at radius 3 is 2.05 bits per heavy atom. The molecule has 0 radical (unpaired) electrons. The Morgan fingerprint density at radius 1 is 1.14 bits per heavy atom. The van der Waals surface area contributed by atoms with Gasteiger partial charge in [-0.2, -0.15) is 0 Å². The average molecular weight is 302 g/mol. The minimum absolute atomic E-state index is 0.0418. The molecule has 1 amide bonds. The maximum Gasteiger partial charge on any atom is 0.404 e. The minimum atomic E-state index is -0.969. The van der Waals surface area contributed by atoms with Crippen LogP contribution >= 0.6 is 0 Å². The molecule has 6 heteroatoms. The van der Waals surface area contributed by atoms with Crippen molar-refractivity contribution < 1.29 is 14.8 Å². The number of nitrogens with one attached hydrogen (secondary N) is 1. The molecule has 1 atom stereocenters. The molecular formula is C16H18N2O4. The number of nitro benzene ring substituents is 1. The van der Waals surface area contributed by atoms with Crippen molar-refractivity contribution in [1.82, 2.24) is 5.32 Å². The first-order chi connectivity index (χ1) is 10.5. The summed E-state index contributed by atoms with van der Waals surface area (Å²) in [5.74, 6) is 0. The third-order valence-electron chi connectivity index (χ3n) is 2.72. The van der Waals surface area contributed by atoms with E-state index in [9.17, 15) is 14.9 Å². The van der Waals surface area contributed by atoms with Gasteiger partial charge in [-0.15, -0.1) is 0 Å². The summed E-state index contributed by atoms with van der Waals surface area (Å²) in [6.45, 7) is 1.85. The van der Waals surface area contributed by atoms with Crippen LogP contribution in [0, 0.1) is 10.1 Å². The van der Waals surface area contributed by atoms with Gasteiger partial charge in [-0.05, 0) is 18.9 Å². The largest absolute Gasteiger partial charge is 0.465 e. The molecule has 6 nitrogen and oxygen atoms in total. The van der Waals surface area contributed by atoms with Crippen molar-refractivity contribution in [1.29, 1.82) is 0 Å². The fourth-order valence-corrected chi connectivity index (χ4v) is 1.78. The Morgan fingerprint density at radius 2 is 1.64 bits per heavy atom. The van der Waals surface area contributed by atoms with Gasteiger partial charge in [0.05, 0.1) is 4.92 Å². The number of hydrogen-bond donors (Lipinski definition) is 2. The summed E-state index contributed by atoms with van der Waals surface area (Å²) in [5.41, 5.74) is 1.28. The van der Waals surface area contributed by atoms with Gasteiger partial charge in [-0.3, -0.25) is 10.1 Å². The summed E-state index contributed by atoms with van der Waals surface area (Å²) in [6, 6.07) is 17.7. The van der Waals surface area contributed by atoms with Gasteiger partial charge in [0.25, 0.3) is 5.69 Å². The number of non-ortho nitro benzene ring substituents is 1. The number of hydrogen-bond acceptors (Lipinski definition) is 3. The highest BCUT2D eigenvalue weighted by Gasteiger charge is 2.05. The van der Waals surface area contributed by atoms with E-state index in [1.54, 1.807) is 18.2 Å². The van der Waals surface area contributed by atoms with Crippen molar-refractivity contribution in [2.45, 2.75) is 19.4 Å². The predicted molar refractivity (Wildman–Crippen MR) is 83.9 cm³/mol. The summed E-state index contributed by atoms with van der Waals surface area (Å²) < 4.78 is 0. The maximum atomic E-state index is 10.3. The van der Waals surface area contributed by atoms with Crippen molar-refractivity contribution in [2.75, 3.05) is 0 Å². The normalized spacial score (nSPS) is 10.8. The maximum absolute atomic E-state index is 10.3. The van der Waals surface area contributed by atoms with Gasteiger partial charge in [0.1, 0.15) is 0 Å². The zero-order chi connectivity index (χ0) is 16.4. The fraction of sp³-hybridized carbons (Fsp3) is 0.188. The second-order valence-electron chi connectivity index (χ2n) is 4.63. The van der Waals surface area contributed by atoms with Crippen molar-refractivity contribution >= 4 is 11.8 Å². The first kappa shape index (κ1) is 17.2. The lowest BCUT2D eigenvalue weighted by atomic mass is 10.1. The van der Waals surface area contributed by atoms with Gasteiger partial charge >= 0.3 is 6.09 Å². The third-order valence-corrected chi connectivity index (χ3v) is 2.72. The van der Waals surface area contributed by atoms with Crippen molar-refractivity contribution in [3.63, 3.8) is 0 Å². The van der Waals surface area contributed by atoms with Crippen LogP contribution in [-0.2, 0) is 6.42 Å². The molecule has 0 spiro atoms. The zero-order valence-corrected chi connectivity index (χ0v) is 12.2. The van der Waals surface area contributed by atoms with Crippen LogP contribution in [-0.4, -0.2) is 22.2 Å². The number of carboxylic acid groups (broad SMARTS) is 1. The summed E-state index contributed by atoms with van der Waals surface area (Å²) in [4.78, 5) is 19.9. The van der Waals surface area contributed by atoms with E-state index in [1.165, 1.54) is 12.1 Å². The molecule has 22 heavy (non-hydrogen) atoms. The first-order valence-electron chi connectivity index (χ1n) is 6.72. The molecule has 2 aromatic carbocycles. The highest BCUT2D eigenvalue weighted by atomic mass is 16.6. The summed E-state index contributed by atoms with van der Waals surface area (Å²) in [7, 11) is 0. The van der Waals surface area contributed by atoms with Gasteiger partial charge in [0.2, 0.25) is 0 Å². The number of para-hydroxylation sites is 1. The molecule has 0 aliphatic heterocycles. The highest BCUT2D eigenvalue weighted by Crippen LogP contribution is 2.06. The number of nitro groups is 1. The topological polar surface area (TPSA) is 92.5 Å². The summed E-state index contributed by atoms with van der Waals surface area (Å²) >= 11 is 0. The molecule has 0 fully saturated rings. The standard InChI is InChI=1S/C10H13NO2.C6H5NO2/c1-8(11-10(12)13)7-9-5-3-2-4-6-9;8-7(9)6-4-2-1-3-5-6/h2-6,8,11H,7H2,1H3,(H,12,13);1-5H/t8-;/m1./s1. The van der Waals surface area contributed by atoms with Crippen molar-refractivity contribution in [3.8, 4) is 0 Å². The van der Waals surface area contributed by atoms with Gasteiger partial charge in [0, 0.05) is 18.2 Å². The first-order valence-corrected chi connectivity index (χ1v) is 6.72. The van der Waals surface area contributed by atoms with Crippen LogP contribution in [0.15, 0.2) is 60.7 Å². The van der Waals surface area contributed by atoms with Crippen LogP contribution in [0.4, 0.5) is 10.5 Å². The van der Waals surface area contributed by atoms with Crippen LogP contribution in [0.5, 0.6) is 0 Å². The molecule has 0 bridgehead atoms. The van der Waals surface area contributed by atoms with Crippen LogP contribution in [0.25, 0.3) is 0 Å². The molecule has 2 aromatic rings. The van der Waals surface area contributed by atoms with Crippen LogP contribution in [0.2, 0.25) is 0 Å². The molecule has 2 rings (SSSR count). The Bertz CT molecular complexity index is 588. The zero-order valence-electron chi connectivity index (χ0n) is 12.2. The number of carbonyl (C=O) groups is 1. The van der Waals surface area contributed by atoms with E-state index in [2.05, 4.69) is 5.32 Å². The Hall–Kier alpha value is -2.89. The lowest BCUT2D eigenvalue weighted by Crippen LogP contribution is -2.32. The molecule has 0 saturated carbocycles. The van der Waals surface area contributed by atoms with E-state index in [1.807, 2.05) is 37.3 Å². The Balaban J connectivity index is 0.000000235. The number of nitrogens with zero attached hydrogens (tertiary/aromatic N) is 1. The van der Waals surface area contributed by atoms with Crippen LogP contribution in [0.1, 0.15) is 12.5 Å². The Kier molecular flexibility index (Phi) is 7.12. The molecule has 0 unspecified atom stereocenters. The van der Waals surface area contributed by atoms with Crippen LogP contribution < -0.4 is 5.32 Å². The minimum Gasteiger partial charge on any atom is -0.465 e. The molecule has 0 aliphatic rings. The third kappa shape index (κ3) is 7.04. The molecular weight excluding hydrogens is 284 g/mol. The smallest absolute Gasteiger partial charge is 0.404 e. The van der Waals surface area contributed by atoms with E-state index in [-0.39, 0.29) is 11.7 Å². The van der Waals surface area contributed by atoms with Gasteiger partial charge in [-0.25, -0.2) is 4.79 Å². The second-order valence-corrected chi connectivity index (χ2v) is 4.63. The molecule has 116 valence electrons.